The maximum Gasteiger partial charge on any atom is 0.337 e. The third-order valence-corrected chi connectivity index (χ3v) is 5.89. The van der Waals surface area contributed by atoms with Gasteiger partial charge in [0, 0.05) is 37.3 Å². The topological polar surface area (TPSA) is 67.9 Å². The highest BCUT2D eigenvalue weighted by Crippen LogP contribution is 2.38. The lowest BCUT2D eigenvalue weighted by molar-refractivity contribution is 0.0383. The van der Waals surface area contributed by atoms with E-state index in [1.54, 1.807) is 18.2 Å². The lowest BCUT2D eigenvalue weighted by atomic mass is 10.0. The van der Waals surface area contributed by atoms with Crippen LogP contribution in [0.15, 0.2) is 24.3 Å². The van der Waals surface area contributed by atoms with E-state index in [1.807, 2.05) is 0 Å². The molecule has 2 aromatic rings. The zero-order valence-electron chi connectivity index (χ0n) is 15.3. The van der Waals surface area contributed by atoms with Gasteiger partial charge in [-0.3, -0.25) is 9.69 Å². The Labute approximate surface area is 177 Å². The van der Waals surface area contributed by atoms with E-state index in [2.05, 4.69) is 10.2 Å². The first-order valence-electron chi connectivity index (χ1n) is 8.75. The van der Waals surface area contributed by atoms with Crippen LogP contribution >= 0.6 is 34.5 Å². The summed E-state index contributed by atoms with van der Waals surface area (Å²) in [6, 6.07) is 6.56. The van der Waals surface area contributed by atoms with E-state index in [1.165, 1.54) is 24.5 Å². The number of halogens is 2. The number of esters is 1. The van der Waals surface area contributed by atoms with Crippen LogP contribution in [0.4, 0.5) is 0 Å². The maximum atomic E-state index is 12.7. The Morgan fingerprint density at radius 3 is 2.54 bits per heavy atom. The Kier molecular flexibility index (Phi) is 7.31. The number of morpholine rings is 1. The van der Waals surface area contributed by atoms with Gasteiger partial charge in [0.1, 0.15) is 4.34 Å². The molecule has 0 atom stereocenters. The molecule has 6 nitrogen and oxygen atoms in total. The molecule has 1 aliphatic heterocycles. The van der Waals surface area contributed by atoms with Gasteiger partial charge in [-0.2, -0.15) is 0 Å². The number of carbonyl (C=O) groups excluding carboxylic acids is 2. The van der Waals surface area contributed by atoms with Gasteiger partial charge in [0.25, 0.3) is 5.91 Å². The summed E-state index contributed by atoms with van der Waals surface area (Å²) < 4.78 is 11.1. The first-order chi connectivity index (χ1) is 13.5. The van der Waals surface area contributed by atoms with Gasteiger partial charge in [-0.15, -0.1) is 11.3 Å². The molecule has 0 aliphatic carbocycles. The number of nitrogens with zero attached hydrogens (tertiary/aromatic N) is 1. The molecule has 1 aromatic carbocycles. The van der Waals surface area contributed by atoms with Gasteiger partial charge >= 0.3 is 5.97 Å². The number of thiophene rings is 1. The van der Waals surface area contributed by atoms with Crippen LogP contribution in [0.3, 0.4) is 0 Å². The zero-order chi connectivity index (χ0) is 20.1. The minimum Gasteiger partial charge on any atom is -0.465 e. The van der Waals surface area contributed by atoms with Crippen molar-refractivity contribution in [2.24, 2.45) is 0 Å². The minimum atomic E-state index is -0.526. The van der Waals surface area contributed by atoms with Gasteiger partial charge < -0.3 is 14.8 Å². The lowest BCUT2D eigenvalue weighted by Crippen LogP contribution is -2.41. The molecule has 0 radical (unpaired) electrons. The van der Waals surface area contributed by atoms with Crippen molar-refractivity contribution in [3.8, 4) is 11.1 Å². The molecule has 28 heavy (non-hydrogen) atoms. The number of carbonyl (C=O) groups is 2. The van der Waals surface area contributed by atoms with Gasteiger partial charge in [0.15, 0.2) is 0 Å². The summed E-state index contributed by atoms with van der Waals surface area (Å²) >= 11 is 13.5. The summed E-state index contributed by atoms with van der Waals surface area (Å²) in [7, 11) is 1.30. The number of benzene rings is 1. The Bertz CT molecular complexity index is 866. The quantitative estimate of drug-likeness (QED) is 0.692. The van der Waals surface area contributed by atoms with Crippen LogP contribution in [0, 0.1) is 0 Å². The number of hydrogen-bond donors (Lipinski definition) is 1. The predicted molar refractivity (Wildman–Crippen MR) is 111 cm³/mol. The monoisotopic (exact) mass is 442 g/mol. The van der Waals surface area contributed by atoms with Crippen LogP contribution in [0.1, 0.15) is 20.7 Å². The first-order valence-corrected chi connectivity index (χ1v) is 10.3. The van der Waals surface area contributed by atoms with E-state index in [0.29, 0.717) is 45.1 Å². The molecule has 1 fully saturated rings. The fourth-order valence-corrected chi connectivity index (χ4v) is 4.45. The molecular weight excluding hydrogens is 423 g/mol. The molecular formula is C19H20Cl2N2O4S. The molecule has 1 aromatic heterocycles. The second-order valence-electron chi connectivity index (χ2n) is 6.24. The number of nitrogens with one attached hydrogen (secondary N) is 1. The first kappa shape index (κ1) is 21.1. The van der Waals surface area contributed by atoms with Gasteiger partial charge in [-0.1, -0.05) is 23.2 Å². The molecule has 1 saturated heterocycles. The number of amides is 1. The van der Waals surface area contributed by atoms with Crippen molar-refractivity contribution in [1.29, 1.82) is 0 Å². The standard InChI is InChI=1S/C19H20Cl2N2O4S/c1-26-19(25)14-9-12(15-11-16(20)28-17(15)21)8-13(10-14)18(24)22-2-3-23-4-6-27-7-5-23/h8-11H,2-7H2,1H3,(H,22,24). The van der Waals surface area contributed by atoms with E-state index < -0.39 is 5.97 Å². The van der Waals surface area contributed by atoms with Crippen molar-refractivity contribution in [2.45, 2.75) is 0 Å². The Morgan fingerprint density at radius 1 is 1.18 bits per heavy atom. The molecule has 0 unspecified atom stereocenters. The summed E-state index contributed by atoms with van der Waals surface area (Å²) in [5, 5.41) is 2.90. The number of rotatable bonds is 6. The molecule has 2 heterocycles. The molecule has 3 rings (SSSR count). The van der Waals surface area contributed by atoms with Gasteiger partial charge in [-0.05, 0) is 29.8 Å². The van der Waals surface area contributed by atoms with E-state index in [0.717, 1.165) is 19.6 Å². The van der Waals surface area contributed by atoms with Crippen LogP contribution < -0.4 is 5.32 Å². The lowest BCUT2D eigenvalue weighted by Gasteiger charge is -2.26. The highest BCUT2D eigenvalue weighted by molar-refractivity contribution is 7.20. The SMILES string of the molecule is COC(=O)c1cc(C(=O)NCCN2CCOCC2)cc(-c2cc(Cl)sc2Cl)c1. The largest absolute Gasteiger partial charge is 0.465 e. The molecule has 0 bridgehead atoms. The molecule has 9 heteroatoms. The summed E-state index contributed by atoms with van der Waals surface area (Å²) in [5.41, 5.74) is 1.94. The van der Waals surface area contributed by atoms with Gasteiger partial charge in [0.2, 0.25) is 0 Å². The Hall–Kier alpha value is -1.64. The van der Waals surface area contributed by atoms with Crippen molar-refractivity contribution in [3.63, 3.8) is 0 Å². The van der Waals surface area contributed by atoms with Crippen LogP contribution in [0.2, 0.25) is 8.67 Å². The average molecular weight is 443 g/mol. The Morgan fingerprint density at radius 2 is 1.89 bits per heavy atom. The third kappa shape index (κ3) is 5.24. The van der Waals surface area contributed by atoms with Gasteiger partial charge in [0.05, 0.1) is 30.2 Å². The summed E-state index contributed by atoms with van der Waals surface area (Å²) in [5.74, 6) is -0.792. The fourth-order valence-electron chi connectivity index (χ4n) is 2.94. The molecule has 1 aliphatic rings. The highest BCUT2D eigenvalue weighted by atomic mass is 35.5. The molecule has 0 saturated carbocycles. The number of ether oxygens (including phenoxy) is 2. The average Bonchev–Trinajstić information content (AvgIpc) is 3.05. The molecule has 0 spiro atoms. The van der Waals surface area contributed by atoms with Crippen molar-refractivity contribution >= 4 is 46.4 Å². The summed E-state index contributed by atoms with van der Waals surface area (Å²) in [4.78, 5) is 26.9. The fraction of sp³-hybridized carbons (Fsp3) is 0.368. The van der Waals surface area contributed by atoms with E-state index in [9.17, 15) is 9.59 Å². The predicted octanol–water partition coefficient (Wildman–Crippen LogP) is 3.57. The zero-order valence-corrected chi connectivity index (χ0v) is 17.6. The Balaban J connectivity index is 1.78. The highest BCUT2D eigenvalue weighted by Gasteiger charge is 2.17. The molecule has 150 valence electrons. The minimum absolute atomic E-state index is 0.266. The number of methoxy groups -OCH3 is 1. The third-order valence-electron chi connectivity index (χ3n) is 4.40. The smallest absolute Gasteiger partial charge is 0.337 e. The maximum absolute atomic E-state index is 12.7. The second-order valence-corrected chi connectivity index (χ2v) is 8.52. The summed E-state index contributed by atoms with van der Waals surface area (Å²) in [6.45, 7) is 4.38. The van der Waals surface area contributed by atoms with E-state index >= 15 is 0 Å². The van der Waals surface area contributed by atoms with Crippen molar-refractivity contribution in [1.82, 2.24) is 10.2 Å². The second kappa shape index (κ2) is 9.71. The summed E-state index contributed by atoms with van der Waals surface area (Å²) in [6.07, 6.45) is 0. The van der Waals surface area contributed by atoms with Crippen molar-refractivity contribution in [3.05, 3.63) is 44.1 Å². The van der Waals surface area contributed by atoms with Crippen LogP contribution in [0.25, 0.3) is 11.1 Å². The van der Waals surface area contributed by atoms with Crippen LogP contribution in [0.5, 0.6) is 0 Å². The van der Waals surface area contributed by atoms with Crippen LogP contribution in [-0.2, 0) is 9.47 Å². The molecule has 1 N–H and O–H groups in total. The van der Waals surface area contributed by atoms with Crippen molar-refractivity contribution < 1.29 is 19.1 Å². The van der Waals surface area contributed by atoms with Gasteiger partial charge in [-0.25, -0.2) is 4.79 Å². The van der Waals surface area contributed by atoms with Crippen LogP contribution in [-0.4, -0.2) is 63.3 Å². The van der Waals surface area contributed by atoms with Crippen molar-refractivity contribution in [2.75, 3.05) is 46.5 Å². The van der Waals surface area contributed by atoms with E-state index in [4.69, 9.17) is 32.7 Å². The number of hydrogen-bond acceptors (Lipinski definition) is 6. The molecule has 1 amide bonds. The van der Waals surface area contributed by atoms with E-state index in [-0.39, 0.29) is 11.5 Å². The normalized spacial score (nSPS) is 14.7.